The fraction of sp³-hybridized carbons (Fsp3) is 0.917. The monoisotopic (exact) mass is 200 g/mol. The van der Waals surface area contributed by atoms with Crippen molar-refractivity contribution >= 4 is 5.97 Å². The second kappa shape index (κ2) is 9.04. The van der Waals surface area contributed by atoms with Crippen molar-refractivity contribution in [3.63, 3.8) is 0 Å². The minimum absolute atomic E-state index is 0.338. The van der Waals surface area contributed by atoms with Gasteiger partial charge in [-0.2, -0.15) is 0 Å². The normalized spacial score (nSPS) is 12.7. The topological polar surface area (TPSA) is 37.3 Å². The molecule has 0 heterocycles. The lowest BCUT2D eigenvalue weighted by molar-refractivity contribution is -0.137. The van der Waals surface area contributed by atoms with Crippen LogP contribution < -0.4 is 0 Å². The van der Waals surface area contributed by atoms with Gasteiger partial charge in [0.15, 0.2) is 0 Å². The lowest BCUT2D eigenvalue weighted by atomic mass is 9.98. The molecule has 0 saturated heterocycles. The van der Waals surface area contributed by atoms with Crippen molar-refractivity contribution in [1.29, 1.82) is 0 Å². The molecule has 1 unspecified atom stereocenters. The minimum atomic E-state index is -0.663. The highest BCUT2D eigenvalue weighted by atomic mass is 16.4. The van der Waals surface area contributed by atoms with Crippen LogP contribution in [0.1, 0.15) is 65.2 Å². The van der Waals surface area contributed by atoms with Gasteiger partial charge < -0.3 is 5.11 Å². The van der Waals surface area contributed by atoms with Crippen molar-refractivity contribution in [2.75, 3.05) is 0 Å². The summed E-state index contributed by atoms with van der Waals surface area (Å²) in [7, 11) is 0. The summed E-state index contributed by atoms with van der Waals surface area (Å²) in [5.41, 5.74) is 0. The maximum Gasteiger partial charge on any atom is 0.303 e. The van der Waals surface area contributed by atoms with Gasteiger partial charge in [0.05, 0.1) is 0 Å². The Balaban J connectivity index is 3.09. The zero-order chi connectivity index (χ0) is 10.8. The average molecular weight is 200 g/mol. The number of hydrogen-bond acceptors (Lipinski definition) is 1. The molecular formula is C12H24O2. The van der Waals surface area contributed by atoms with Gasteiger partial charge in [0.1, 0.15) is 0 Å². The molecule has 0 radical (unpaired) electrons. The van der Waals surface area contributed by atoms with Crippen LogP contribution in [0.15, 0.2) is 0 Å². The van der Waals surface area contributed by atoms with E-state index in [1.807, 2.05) is 0 Å². The molecule has 84 valence electrons. The maximum atomic E-state index is 10.2. The second-order valence-corrected chi connectivity index (χ2v) is 4.24. The molecule has 0 saturated carbocycles. The highest BCUT2D eigenvalue weighted by Crippen LogP contribution is 2.15. The molecule has 0 aliphatic carbocycles. The van der Waals surface area contributed by atoms with Crippen LogP contribution in [-0.2, 0) is 4.79 Å². The molecule has 1 N–H and O–H groups in total. The highest BCUT2D eigenvalue weighted by molar-refractivity contribution is 5.66. The Bertz CT molecular complexity index is 143. The molecule has 0 aromatic heterocycles. The van der Waals surface area contributed by atoms with E-state index in [4.69, 9.17) is 5.11 Å². The summed E-state index contributed by atoms with van der Waals surface area (Å²) in [6, 6.07) is 0. The largest absolute Gasteiger partial charge is 0.481 e. The van der Waals surface area contributed by atoms with Gasteiger partial charge in [-0.15, -0.1) is 0 Å². The SMILES string of the molecule is CCCC(C)CCCCCCC(=O)O. The fourth-order valence-corrected chi connectivity index (χ4v) is 1.76. The summed E-state index contributed by atoms with van der Waals surface area (Å²) in [5, 5.41) is 8.43. The van der Waals surface area contributed by atoms with E-state index in [9.17, 15) is 4.79 Å². The molecule has 0 aliphatic heterocycles. The first-order chi connectivity index (χ1) is 6.66. The molecule has 2 nitrogen and oxygen atoms in total. The molecular weight excluding hydrogens is 176 g/mol. The van der Waals surface area contributed by atoms with Crippen LogP contribution in [0.4, 0.5) is 0 Å². The molecule has 0 bridgehead atoms. The predicted octanol–water partition coefficient (Wildman–Crippen LogP) is 3.85. The van der Waals surface area contributed by atoms with Crippen molar-refractivity contribution in [1.82, 2.24) is 0 Å². The van der Waals surface area contributed by atoms with Crippen LogP contribution in [-0.4, -0.2) is 11.1 Å². The molecule has 0 aliphatic rings. The van der Waals surface area contributed by atoms with E-state index in [-0.39, 0.29) is 0 Å². The van der Waals surface area contributed by atoms with Crippen molar-refractivity contribution in [3.8, 4) is 0 Å². The number of rotatable bonds is 9. The van der Waals surface area contributed by atoms with Gasteiger partial charge in [0, 0.05) is 6.42 Å². The third-order valence-corrected chi connectivity index (χ3v) is 2.62. The lowest BCUT2D eigenvalue weighted by Gasteiger charge is -2.08. The Kier molecular flexibility index (Phi) is 8.70. The number of carbonyl (C=O) groups is 1. The van der Waals surface area contributed by atoms with Gasteiger partial charge in [0.2, 0.25) is 0 Å². The van der Waals surface area contributed by atoms with E-state index in [0.29, 0.717) is 6.42 Å². The van der Waals surface area contributed by atoms with Gasteiger partial charge in [-0.1, -0.05) is 52.4 Å². The van der Waals surface area contributed by atoms with Gasteiger partial charge in [-0.3, -0.25) is 4.79 Å². The average Bonchev–Trinajstić information content (AvgIpc) is 2.11. The third kappa shape index (κ3) is 9.56. The Morgan fingerprint density at radius 2 is 1.79 bits per heavy atom. The summed E-state index contributed by atoms with van der Waals surface area (Å²) >= 11 is 0. The van der Waals surface area contributed by atoms with Crippen LogP contribution >= 0.6 is 0 Å². The van der Waals surface area contributed by atoms with Gasteiger partial charge in [-0.25, -0.2) is 0 Å². The van der Waals surface area contributed by atoms with Crippen LogP contribution in [0.2, 0.25) is 0 Å². The highest BCUT2D eigenvalue weighted by Gasteiger charge is 2.00. The lowest BCUT2D eigenvalue weighted by Crippen LogP contribution is -1.95. The fourth-order valence-electron chi connectivity index (χ4n) is 1.76. The Morgan fingerprint density at radius 3 is 2.36 bits per heavy atom. The molecule has 2 heteroatoms. The van der Waals surface area contributed by atoms with Crippen molar-refractivity contribution < 1.29 is 9.90 Å². The Hall–Kier alpha value is -0.530. The van der Waals surface area contributed by atoms with E-state index in [1.165, 1.54) is 32.1 Å². The summed E-state index contributed by atoms with van der Waals surface area (Å²) in [6.07, 6.45) is 8.63. The molecule has 1 atom stereocenters. The smallest absolute Gasteiger partial charge is 0.303 e. The molecule has 0 rings (SSSR count). The van der Waals surface area contributed by atoms with Crippen LogP contribution in [0, 0.1) is 5.92 Å². The molecule has 0 spiro atoms. The van der Waals surface area contributed by atoms with E-state index in [1.54, 1.807) is 0 Å². The zero-order valence-electron chi connectivity index (χ0n) is 9.59. The number of carboxylic acids is 1. The van der Waals surface area contributed by atoms with Gasteiger partial charge >= 0.3 is 5.97 Å². The summed E-state index contributed by atoms with van der Waals surface area (Å²) in [4.78, 5) is 10.2. The Labute approximate surface area is 87.7 Å². The van der Waals surface area contributed by atoms with Crippen LogP contribution in [0.3, 0.4) is 0 Å². The maximum absolute atomic E-state index is 10.2. The van der Waals surface area contributed by atoms with Gasteiger partial charge in [-0.05, 0) is 12.3 Å². The van der Waals surface area contributed by atoms with E-state index in [2.05, 4.69) is 13.8 Å². The number of carboxylic acid groups (broad SMARTS) is 1. The second-order valence-electron chi connectivity index (χ2n) is 4.24. The quantitative estimate of drug-likeness (QED) is 0.574. The summed E-state index contributed by atoms with van der Waals surface area (Å²) in [5.74, 6) is 0.184. The summed E-state index contributed by atoms with van der Waals surface area (Å²) in [6.45, 7) is 4.53. The molecule has 14 heavy (non-hydrogen) atoms. The number of aliphatic carboxylic acids is 1. The zero-order valence-corrected chi connectivity index (χ0v) is 9.59. The van der Waals surface area contributed by atoms with E-state index >= 15 is 0 Å². The number of unbranched alkanes of at least 4 members (excludes halogenated alkanes) is 3. The van der Waals surface area contributed by atoms with Crippen molar-refractivity contribution in [2.45, 2.75) is 65.2 Å². The molecule has 0 aromatic carbocycles. The van der Waals surface area contributed by atoms with Crippen molar-refractivity contribution in [2.24, 2.45) is 5.92 Å². The first-order valence-electron chi connectivity index (χ1n) is 5.88. The molecule has 0 amide bonds. The van der Waals surface area contributed by atoms with Gasteiger partial charge in [0.25, 0.3) is 0 Å². The standard InChI is InChI=1S/C12H24O2/c1-3-8-11(2)9-6-4-5-7-10-12(13)14/h11H,3-10H2,1-2H3,(H,13,14). The van der Waals surface area contributed by atoms with E-state index < -0.39 is 5.97 Å². The third-order valence-electron chi connectivity index (χ3n) is 2.62. The first-order valence-corrected chi connectivity index (χ1v) is 5.88. The van der Waals surface area contributed by atoms with Crippen LogP contribution in [0.25, 0.3) is 0 Å². The predicted molar refractivity (Wildman–Crippen MR) is 59.4 cm³/mol. The Morgan fingerprint density at radius 1 is 1.14 bits per heavy atom. The number of hydrogen-bond donors (Lipinski definition) is 1. The first kappa shape index (κ1) is 13.5. The van der Waals surface area contributed by atoms with Crippen molar-refractivity contribution in [3.05, 3.63) is 0 Å². The van der Waals surface area contributed by atoms with E-state index in [0.717, 1.165) is 18.8 Å². The molecule has 0 aromatic rings. The minimum Gasteiger partial charge on any atom is -0.481 e. The summed E-state index contributed by atoms with van der Waals surface area (Å²) < 4.78 is 0. The molecule has 0 fully saturated rings. The van der Waals surface area contributed by atoms with Crippen LogP contribution in [0.5, 0.6) is 0 Å².